The molecule has 0 amide bonds. The molecule has 0 bridgehead atoms. The van der Waals surface area contributed by atoms with Gasteiger partial charge in [-0.15, -0.1) is 0 Å². The van der Waals surface area contributed by atoms with Crippen molar-refractivity contribution >= 4 is 5.97 Å². The largest absolute Gasteiger partial charge is 0.481 e. The number of hydrogen-bond acceptors (Lipinski definition) is 2. The van der Waals surface area contributed by atoms with Gasteiger partial charge in [0.2, 0.25) is 0 Å². The second kappa shape index (κ2) is 4.90. The van der Waals surface area contributed by atoms with E-state index in [1.54, 1.807) is 56.6 Å². The zero-order valence-corrected chi connectivity index (χ0v) is 10.9. The van der Waals surface area contributed by atoms with E-state index >= 15 is 0 Å². The maximum atomic E-state index is 11.2. The average Bonchev–Trinajstić information content (AvgIpc) is 2.91. The highest BCUT2D eigenvalue weighted by Gasteiger charge is 2.29. The normalized spacial score (nSPS) is 13.2. The Labute approximate surface area is 111 Å². The molecule has 0 aliphatic heterocycles. The van der Waals surface area contributed by atoms with Gasteiger partial charge < -0.3 is 15.2 Å². The van der Waals surface area contributed by atoms with Gasteiger partial charge in [-0.25, -0.2) is 0 Å². The van der Waals surface area contributed by atoms with Crippen molar-refractivity contribution < 1.29 is 15.0 Å². The fourth-order valence-electron chi connectivity index (χ4n) is 1.90. The maximum Gasteiger partial charge on any atom is 0.313 e. The molecular formula is C15H17NO3. The van der Waals surface area contributed by atoms with E-state index in [9.17, 15) is 9.90 Å². The summed E-state index contributed by atoms with van der Waals surface area (Å²) in [6.07, 6.45) is 2.79. The van der Waals surface area contributed by atoms with Crippen molar-refractivity contribution in [1.82, 2.24) is 4.98 Å². The van der Waals surface area contributed by atoms with Gasteiger partial charge in [0.15, 0.2) is 0 Å². The smallest absolute Gasteiger partial charge is 0.313 e. The van der Waals surface area contributed by atoms with E-state index in [1.165, 1.54) is 0 Å². The number of carbonyl (C=O) groups is 1. The Morgan fingerprint density at radius 2 is 1.79 bits per heavy atom. The van der Waals surface area contributed by atoms with E-state index in [4.69, 9.17) is 5.11 Å². The summed E-state index contributed by atoms with van der Waals surface area (Å²) < 4.78 is 0. The predicted octanol–water partition coefficient (Wildman–Crippen LogP) is 2.46. The lowest BCUT2D eigenvalue weighted by atomic mass is 9.84. The maximum absolute atomic E-state index is 11.2. The molecule has 1 atom stereocenters. The topological polar surface area (TPSA) is 73.3 Å². The van der Waals surface area contributed by atoms with Crippen molar-refractivity contribution in [3.05, 3.63) is 59.4 Å². The Morgan fingerprint density at radius 3 is 2.26 bits per heavy atom. The Morgan fingerprint density at radius 1 is 1.16 bits per heavy atom. The summed E-state index contributed by atoms with van der Waals surface area (Å²) in [7, 11) is 0. The van der Waals surface area contributed by atoms with Crippen molar-refractivity contribution in [1.29, 1.82) is 0 Å². The molecule has 0 saturated heterocycles. The SMILES string of the molecule is CC(C)(C(=O)O)c1ccc(C(O)c2cc[nH]c2)cc1. The van der Waals surface area contributed by atoms with Crippen molar-refractivity contribution in [3.63, 3.8) is 0 Å². The number of carboxylic acid groups (broad SMARTS) is 1. The second-order valence-electron chi connectivity index (χ2n) is 5.10. The zero-order valence-electron chi connectivity index (χ0n) is 10.9. The number of aromatic amines is 1. The molecule has 100 valence electrons. The van der Waals surface area contributed by atoms with Crippen LogP contribution in [0.1, 0.15) is 36.6 Å². The Bertz CT molecular complexity index is 556. The van der Waals surface area contributed by atoms with Crippen LogP contribution in [0, 0.1) is 0 Å². The molecule has 3 N–H and O–H groups in total. The van der Waals surface area contributed by atoms with Crippen LogP contribution in [0.25, 0.3) is 0 Å². The molecule has 1 aromatic heterocycles. The highest BCUT2D eigenvalue weighted by atomic mass is 16.4. The van der Waals surface area contributed by atoms with Crippen LogP contribution in [0.5, 0.6) is 0 Å². The molecule has 0 saturated carbocycles. The summed E-state index contributed by atoms with van der Waals surface area (Å²) in [5.41, 5.74) is 1.30. The van der Waals surface area contributed by atoms with Crippen molar-refractivity contribution in [2.45, 2.75) is 25.4 Å². The van der Waals surface area contributed by atoms with E-state index in [0.717, 1.165) is 11.1 Å². The Hall–Kier alpha value is -2.07. The number of hydrogen-bond donors (Lipinski definition) is 3. The van der Waals surface area contributed by atoms with Crippen LogP contribution in [0.3, 0.4) is 0 Å². The molecule has 2 rings (SSSR count). The highest BCUT2D eigenvalue weighted by molar-refractivity contribution is 5.80. The van der Waals surface area contributed by atoms with Crippen molar-refractivity contribution in [3.8, 4) is 0 Å². The molecule has 4 nitrogen and oxygen atoms in total. The fraction of sp³-hybridized carbons (Fsp3) is 0.267. The predicted molar refractivity (Wildman–Crippen MR) is 72.0 cm³/mol. The first-order chi connectivity index (χ1) is 8.93. The molecule has 0 spiro atoms. The Kier molecular flexibility index (Phi) is 3.44. The van der Waals surface area contributed by atoms with Crippen LogP contribution in [-0.2, 0) is 10.2 Å². The summed E-state index contributed by atoms with van der Waals surface area (Å²) in [6.45, 7) is 3.32. The Balaban J connectivity index is 2.26. The number of aliphatic hydroxyl groups is 1. The third kappa shape index (κ3) is 2.53. The van der Waals surface area contributed by atoms with Gasteiger partial charge in [-0.1, -0.05) is 24.3 Å². The number of aliphatic carboxylic acids is 1. The molecule has 0 radical (unpaired) electrons. The molecule has 1 aromatic carbocycles. The van der Waals surface area contributed by atoms with Crippen LogP contribution in [0.2, 0.25) is 0 Å². The van der Waals surface area contributed by atoms with Gasteiger partial charge in [-0.3, -0.25) is 4.79 Å². The van der Waals surface area contributed by atoms with Gasteiger partial charge >= 0.3 is 5.97 Å². The standard InChI is InChI=1S/C15H17NO3/c1-15(2,14(18)19)12-5-3-10(4-6-12)13(17)11-7-8-16-9-11/h3-9,13,16-17H,1-2H3,(H,18,19). The van der Waals surface area contributed by atoms with Crippen molar-refractivity contribution in [2.24, 2.45) is 0 Å². The lowest BCUT2D eigenvalue weighted by molar-refractivity contribution is -0.142. The molecule has 0 aliphatic carbocycles. The van der Waals surface area contributed by atoms with Crippen molar-refractivity contribution in [2.75, 3.05) is 0 Å². The van der Waals surface area contributed by atoms with Gasteiger partial charge in [0.05, 0.1) is 5.41 Å². The number of H-pyrrole nitrogens is 1. The molecule has 1 unspecified atom stereocenters. The average molecular weight is 259 g/mol. The first kappa shape index (κ1) is 13.4. The lowest BCUT2D eigenvalue weighted by Crippen LogP contribution is -2.28. The van der Waals surface area contributed by atoms with Crippen LogP contribution in [0.15, 0.2) is 42.7 Å². The quantitative estimate of drug-likeness (QED) is 0.789. The van der Waals surface area contributed by atoms with E-state index in [1.807, 2.05) is 0 Å². The van der Waals surface area contributed by atoms with Gasteiger partial charge in [-0.05, 0) is 31.0 Å². The number of nitrogens with one attached hydrogen (secondary N) is 1. The van der Waals surface area contributed by atoms with Gasteiger partial charge in [0.1, 0.15) is 6.10 Å². The van der Waals surface area contributed by atoms with E-state index in [-0.39, 0.29) is 0 Å². The van der Waals surface area contributed by atoms with Crippen LogP contribution in [0.4, 0.5) is 0 Å². The second-order valence-corrected chi connectivity index (χ2v) is 5.10. The summed E-state index contributed by atoms with van der Waals surface area (Å²) in [4.78, 5) is 14.1. The summed E-state index contributed by atoms with van der Waals surface area (Å²) in [6, 6.07) is 8.83. The number of aliphatic hydroxyl groups excluding tert-OH is 1. The third-order valence-electron chi connectivity index (χ3n) is 3.42. The van der Waals surface area contributed by atoms with Crippen LogP contribution >= 0.6 is 0 Å². The fourth-order valence-corrected chi connectivity index (χ4v) is 1.90. The molecular weight excluding hydrogens is 242 g/mol. The summed E-state index contributed by atoms with van der Waals surface area (Å²) >= 11 is 0. The number of rotatable bonds is 4. The first-order valence-corrected chi connectivity index (χ1v) is 6.07. The monoisotopic (exact) mass is 259 g/mol. The minimum absolute atomic E-state index is 0.701. The molecule has 4 heteroatoms. The van der Waals surface area contributed by atoms with E-state index in [0.29, 0.717) is 5.56 Å². The van der Waals surface area contributed by atoms with Gasteiger partial charge in [-0.2, -0.15) is 0 Å². The minimum Gasteiger partial charge on any atom is -0.481 e. The summed E-state index contributed by atoms with van der Waals surface area (Å²) in [5.74, 6) is -0.869. The molecule has 0 aliphatic rings. The van der Waals surface area contributed by atoms with Gasteiger partial charge in [0, 0.05) is 18.0 Å². The number of benzene rings is 1. The van der Waals surface area contributed by atoms with Crippen LogP contribution < -0.4 is 0 Å². The zero-order chi connectivity index (χ0) is 14.0. The van der Waals surface area contributed by atoms with E-state index < -0.39 is 17.5 Å². The molecule has 1 heterocycles. The molecule has 19 heavy (non-hydrogen) atoms. The summed E-state index contributed by atoms with van der Waals surface area (Å²) in [5, 5.41) is 19.3. The third-order valence-corrected chi connectivity index (χ3v) is 3.42. The first-order valence-electron chi connectivity index (χ1n) is 6.07. The number of carboxylic acids is 1. The highest BCUT2D eigenvalue weighted by Crippen LogP contribution is 2.27. The van der Waals surface area contributed by atoms with Crippen LogP contribution in [-0.4, -0.2) is 21.2 Å². The minimum atomic E-state index is -0.933. The number of aromatic nitrogens is 1. The lowest BCUT2D eigenvalue weighted by Gasteiger charge is -2.20. The van der Waals surface area contributed by atoms with E-state index in [2.05, 4.69) is 4.98 Å². The molecule has 2 aromatic rings. The molecule has 0 fully saturated rings. The van der Waals surface area contributed by atoms with Gasteiger partial charge in [0.25, 0.3) is 0 Å².